The molecule has 0 fully saturated rings. The lowest BCUT2D eigenvalue weighted by Gasteiger charge is -2.21. The molecule has 2 amide bonds. The van der Waals surface area contributed by atoms with Crippen molar-refractivity contribution in [1.29, 1.82) is 0 Å². The number of halogens is 2. The van der Waals surface area contributed by atoms with Crippen molar-refractivity contribution in [3.05, 3.63) is 50.1 Å². The van der Waals surface area contributed by atoms with Crippen LogP contribution in [0.1, 0.15) is 53.6 Å². The number of hydrogen-bond acceptors (Lipinski definition) is 5. The van der Waals surface area contributed by atoms with Crippen LogP contribution in [0.2, 0.25) is 10.0 Å². The highest BCUT2D eigenvalue weighted by Gasteiger charge is 2.19. The van der Waals surface area contributed by atoms with Crippen molar-refractivity contribution in [3.63, 3.8) is 0 Å². The predicted octanol–water partition coefficient (Wildman–Crippen LogP) is 5.55. The van der Waals surface area contributed by atoms with Crippen molar-refractivity contribution >= 4 is 63.6 Å². The van der Waals surface area contributed by atoms with Crippen LogP contribution in [0.3, 0.4) is 0 Å². The third-order valence-electron chi connectivity index (χ3n) is 4.65. The molecule has 0 aliphatic heterocycles. The van der Waals surface area contributed by atoms with Gasteiger partial charge in [0.2, 0.25) is 11.8 Å². The van der Waals surface area contributed by atoms with Crippen molar-refractivity contribution in [2.24, 2.45) is 0 Å². The van der Waals surface area contributed by atoms with Gasteiger partial charge in [-0.05, 0) is 43.7 Å². The SMILES string of the molecule is CCCN(CC(=O)Nc1cc(Cl)ccc1Cl)C(=O)CCC(=O)CCC(=O)c1ccc(C)s1. The summed E-state index contributed by atoms with van der Waals surface area (Å²) >= 11 is 13.4. The van der Waals surface area contributed by atoms with Crippen molar-refractivity contribution in [3.8, 4) is 0 Å². The minimum Gasteiger partial charge on any atom is -0.333 e. The van der Waals surface area contributed by atoms with Crippen molar-refractivity contribution in [2.45, 2.75) is 46.0 Å². The lowest BCUT2D eigenvalue weighted by atomic mass is 10.1. The van der Waals surface area contributed by atoms with E-state index in [1.165, 1.54) is 22.3 Å². The number of hydrogen-bond donors (Lipinski definition) is 1. The summed E-state index contributed by atoms with van der Waals surface area (Å²) in [6.07, 6.45) is 0.937. The Morgan fingerprint density at radius 1 is 1.00 bits per heavy atom. The quantitative estimate of drug-likeness (QED) is 0.390. The summed E-state index contributed by atoms with van der Waals surface area (Å²) in [7, 11) is 0. The first-order valence-corrected chi connectivity index (χ1v) is 11.9. The Bertz CT molecular complexity index is 990. The van der Waals surface area contributed by atoms with Gasteiger partial charge in [-0.25, -0.2) is 0 Å². The van der Waals surface area contributed by atoms with Crippen LogP contribution in [0.25, 0.3) is 0 Å². The molecule has 6 nitrogen and oxygen atoms in total. The molecule has 172 valence electrons. The van der Waals surface area contributed by atoms with E-state index >= 15 is 0 Å². The Hall–Kier alpha value is -2.22. The summed E-state index contributed by atoms with van der Waals surface area (Å²) in [4.78, 5) is 52.4. The van der Waals surface area contributed by atoms with Crippen LogP contribution in [-0.4, -0.2) is 41.4 Å². The number of amides is 2. The van der Waals surface area contributed by atoms with Gasteiger partial charge < -0.3 is 10.2 Å². The van der Waals surface area contributed by atoms with Crippen molar-refractivity contribution in [1.82, 2.24) is 4.90 Å². The molecule has 0 bridgehead atoms. The fourth-order valence-electron chi connectivity index (χ4n) is 3.01. The molecule has 0 aliphatic carbocycles. The van der Waals surface area contributed by atoms with E-state index in [2.05, 4.69) is 5.32 Å². The number of ketones is 2. The molecule has 2 rings (SSSR count). The second-order valence-corrected chi connectivity index (χ2v) is 9.49. The van der Waals surface area contributed by atoms with Crippen LogP contribution in [0.15, 0.2) is 30.3 Å². The molecule has 0 aliphatic rings. The van der Waals surface area contributed by atoms with Gasteiger partial charge in [0.15, 0.2) is 5.78 Å². The highest BCUT2D eigenvalue weighted by Crippen LogP contribution is 2.25. The molecular weight excluding hydrogens is 471 g/mol. The van der Waals surface area contributed by atoms with Crippen LogP contribution in [0, 0.1) is 6.92 Å². The topological polar surface area (TPSA) is 83.6 Å². The van der Waals surface area contributed by atoms with Crippen LogP contribution in [0.4, 0.5) is 5.69 Å². The average Bonchev–Trinajstić information content (AvgIpc) is 3.19. The van der Waals surface area contributed by atoms with E-state index in [0.29, 0.717) is 33.6 Å². The van der Waals surface area contributed by atoms with Gasteiger partial charge in [-0.15, -0.1) is 11.3 Å². The number of anilines is 1. The lowest BCUT2D eigenvalue weighted by Crippen LogP contribution is -2.38. The molecule has 0 unspecified atom stereocenters. The van der Waals surface area contributed by atoms with E-state index in [1.54, 1.807) is 18.2 Å². The van der Waals surface area contributed by atoms with Crippen LogP contribution >= 0.6 is 34.5 Å². The molecule has 1 aromatic carbocycles. The smallest absolute Gasteiger partial charge is 0.244 e. The van der Waals surface area contributed by atoms with Gasteiger partial charge in [0.25, 0.3) is 0 Å². The van der Waals surface area contributed by atoms with Crippen LogP contribution in [0.5, 0.6) is 0 Å². The van der Waals surface area contributed by atoms with E-state index in [9.17, 15) is 19.2 Å². The molecule has 1 aromatic heterocycles. The fraction of sp³-hybridized carbons (Fsp3) is 0.391. The molecule has 2 aromatic rings. The molecule has 0 radical (unpaired) electrons. The Balaban J connectivity index is 1.82. The van der Waals surface area contributed by atoms with Crippen LogP contribution < -0.4 is 5.32 Å². The van der Waals surface area contributed by atoms with Crippen molar-refractivity contribution < 1.29 is 19.2 Å². The molecule has 1 N–H and O–H groups in total. The number of carbonyl (C=O) groups is 4. The molecule has 1 heterocycles. The standard InChI is InChI=1S/C23H26Cl2N2O4S/c1-3-12-27(14-22(30)26-19-13-16(24)5-8-18(19)25)23(31)11-7-17(28)6-9-20(29)21-10-4-15(2)32-21/h4-5,8,10,13H,3,6-7,9,11-12,14H2,1-2H3,(H,26,30). The molecule has 32 heavy (non-hydrogen) atoms. The highest BCUT2D eigenvalue weighted by molar-refractivity contribution is 7.14. The second kappa shape index (κ2) is 12.7. The van der Waals surface area contributed by atoms with E-state index < -0.39 is 5.91 Å². The first-order valence-electron chi connectivity index (χ1n) is 10.3. The fourth-order valence-corrected chi connectivity index (χ4v) is 4.18. The molecule has 0 saturated carbocycles. The van der Waals surface area contributed by atoms with E-state index in [-0.39, 0.29) is 49.7 Å². The molecule has 0 atom stereocenters. The zero-order valence-electron chi connectivity index (χ0n) is 18.1. The monoisotopic (exact) mass is 496 g/mol. The van der Waals surface area contributed by atoms with Crippen LogP contribution in [-0.2, 0) is 14.4 Å². The minimum absolute atomic E-state index is 0.00364. The zero-order chi connectivity index (χ0) is 23.7. The normalized spacial score (nSPS) is 10.6. The Labute approximate surface area is 201 Å². The third-order valence-corrected chi connectivity index (χ3v) is 6.25. The Kier molecular flexibility index (Phi) is 10.4. The molecule has 9 heteroatoms. The zero-order valence-corrected chi connectivity index (χ0v) is 20.4. The number of nitrogens with one attached hydrogen (secondary N) is 1. The lowest BCUT2D eigenvalue weighted by molar-refractivity contribution is -0.136. The van der Waals surface area contributed by atoms with Gasteiger partial charge in [-0.2, -0.15) is 0 Å². The number of carbonyl (C=O) groups excluding carboxylic acids is 4. The third kappa shape index (κ3) is 8.37. The first-order chi connectivity index (χ1) is 15.2. The Morgan fingerprint density at radius 3 is 2.38 bits per heavy atom. The number of benzene rings is 1. The molecule has 0 saturated heterocycles. The highest BCUT2D eigenvalue weighted by atomic mass is 35.5. The first kappa shape index (κ1) is 26.0. The number of aryl methyl sites for hydroxylation is 1. The maximum atomic E-state index is 12.6. The average molecular weight is 497 g/mol. The van der Waals surface area contributed by atoms with Gasteiger partial charge in [0, 0.05) is 42.1 Å². The minimum atomic E-state index is -0.404. The molecule has 0 spiro atoms. The number of thiophene rings is 1. The summed E-state index contributed by atoms with van der Waals surface area (Å²) < 4.78 is 0. The maximum Gasteiger partial charge on any atom is 0.244 e. The van der Waals surface area contributed by atoms with E-state index in [0.717, 1.165) is 4.88 Å². The largest absolute Gasteiger partial charge is 0.333 e. The summed E-state index contributed by atoms with van der Waals surface area (Å²) in [5, 5.41) is 3.43. The summed E-state index contributed by atoms with van der Waals surface area (Å²) in [5.74, 6) is -0.898. The number of Topliss-reactive ketones (excluding diaryl/α,β-unsaturated/α-hetero) is 2. The summed E-state index contributed by atoms with van der Waals surface area (Å²) in [5.41, 5.74) is 0.369. The second-order valence-electron chi connectivity index (χ2n) is 7.36. The Morgan fingerprint density at radius 2 is 1.72 bits per heavy atom. The predicted molar refractivity (Wildman–Crippen MR) is 129 cm³/mol. The van der Waals surface area contributed by atoms with Gasteiger partial charge >= 0.3 is 0 Å². The number of rotatable bonds is 12. The summed E-state index contributed by atoms with van der Waals surface area (Å²) in [6.45, 7) is 4.05. The van der Waals surface area contributed by atoms with Gasteiger partial charge in [-0.1, -0.05) is 30.1 Å². The van der Waals surface area contributed by atoms with Gasteiger partial charge in [-0.3, -0.25) is 19.2 Å². The van der Waals surface area contributed by atoms with Gasteiger partial charge in [0.1, 0.15) is 5.78 Å². The maximum absolute atomic E-state index is 12.6. The molecular formula is C23H26Cl2N2O4S. The number of nitrogens with zero attached hydrogens (tertiary/aromatic N) is 1. The van der Waals surface area contributed by atoms with E-state index in [1.807, 2.05) is 19.9 Å². The summed E-state index contributed by atoms with van der Waals surface area (Å²) in [6, 6.07) is 8.35. The van der Waals surface area contributed by atoms with Gasteiger partial charge in [0.05, 0.1) is 22.1 Å². The van der Waals surface area contributed by atoms with Crippen molar-refractivity contribution in [2.75, 3.05) is 18.4 Å². The van der Waals surface area contributed by atoms with E-state index in [4.69, 9.17) is 23.2 Å².